The minimum Gasteiger partial charge on any atom is -0.325 e. The second-order valence-electron chi connectivity index (χ2n) is 5.25. The molecule has 0 aliphatic rings. The molecule has 0 aliphatic heterocycles. The molecule has 2 aromatic rings. The maximum Gasteiger partial charge on any atom is 0.417 e. The number of carbonyl (C=O) groups excluding carboxylic acids is 1. The predicted octanol–water partition coefficient (Wildman–Crippen LogP) is 4.65. The SMILES string of the molecule is C[C@H](NCC(=O)Nc1ccc(Cl)c(C(F)(F)F)c1)c1ccccc1. The van der Waals surface area contributed by atoms with E-state index in [9.17, 15) is 18.0 Å². The number of hydrogen-bond acceptors (Lipinski definition) is 2. The Morgan fingerprint density at radius 2 is 1.83 bits per heavy atom. The minimum atomic E-state index is -4.57. The van der Waals surface area contributed by atoms with Crippen LogP contribution in [0.25, 0.3) is 0 Å². The van der Waals surface area contributed by atoms with Gasteiger partial charge in [-0.05, 0) is 30.7 Å². The predicted molar refractivity (Wildman–Crippen MR) is 87.9 cm³/mol. The van der Waals surface area contributed by atoms with Gasteiger partial charge in [0.1, 0.15) is 0 Å². The first kappa shape index (κ1) is 18.3. The molecule has 2 rings (SSSR count). The Labute approximate surface area is 142 Å². The van der Waals surface area contributed by atoms with Gasteiger partial charge in [0, 0.05) is 11.7 Å². The summed E-state index contributed by atoms with van der Waals surface area (Å²) < 4.78 is 38.4. The zero-order valence-corrected chi connectivity index (χ0v) is 13.6. The van der Waals surface area contributed by atoms with Gasteiger partial charge in [0.25, 0.3) is 0 Å². The molecule has 128 valence electrons. The van der Waals surface area contributed by atoms with Gasteiger partial charge >= 0.3 is 6.18 Å². The smallest absolute Gasteiger partial charge is 0.325 e. The van der Waals surface area contributed by atoms with Gasteiger partial charge in [0.2, 0.25) is 5.91 Å². The van der Waals surface area contributed by atoms with Gasteiger partial charge in [0.05, 0.1) is 17.1 Å². The van der Waals surface area contributed by atoms with Gasteiger partial charge in [-0.2, -0.15) is 13.2 Å². The highest BCUT2D eigenvalue weighted by Crippen LogP contribution is 2.36. The van der Waals surface area contributed by atoms with Crippen molar-refractivity contribution in [1.29, 1.82) is 0 Å². The van der Waals surface area contributed by atoms with Crippen molar-refractivity contribution in [3.05, 3.63) is 64.7 Å². The van der Waals surface area contributed by atoms with E-state index >= 15 is 0 Å². The molecule has 0 unspecified atom stereocenters. The number of benzene rings is 2. The van der Waals surface area contributed by atoms with Crippen LogP contribution in [0, 0.1) is 0 Å². The lowest BCUT2D eigenvalue weighted by Crippen LogP contribution is -2.30. The van der Waals surface area contributed by atoms with Crippen LogP contribution in [0.1, 0.15) is 24.1 Å². The molecule has 24 heavy (non-hydrogen) atoms. The van der Waals surface area contributed by atoms with Crippen LogP contribution >= 0.6 is 11.6 Å². The molecule has 0 fully saturated rings. The third-order valence-electron chi connectivity index (χ3n) is 3.42. The standard InChI is InChI=1S/C17H16ClF3N2O/c1-11(12-5-3-2-4-6-12)22-10-16(24)23-13-7-8-15(18)14(9-13)17(19,20)21/h2-9,11,22H,10H2,1H3,(H,23,24)/t11-/m0/s1. The van der Waals surface area contributed by atoms with Crippen LogP contribution in [-0.2, 0) is 11.0 Å². The molecule has 0 saturated heterocycles. The first-order valence-corrected chi connectivity index (χ1v) is 7.60. The Morgan fingerprint density at radius 1 is 1.17 bits per heavy atom. The zero-order valence-electron chi connectivity index (χ0n) is 12.8. The Morgan fingerprint density at radius 3 is 2.46 bits per heavy atom. The first-order chi connectivity index (χ1) is 11.3. The second kappa shape index (κ2) is 7.68. The fraction of sp³-hybridized carbons (Fsp3) is 0.235. The van der Waals surface area contributed by atoms with Crippen LogP contribution in [-0.4, -0.2) is 12.5 Å². The van der Waals surface area contributed by atoms with Gasteiger partial charge in [0.15, 0.2) is 0 Å². The van der Waals surface area contributed by atoms with Crippen molar-refractivity contribution in [1.82, 2.24) is 5.32 Å². The minimum absolute atomic E-state index is 0.0277. The van der Waals surface area contributed by atoms with E-state index in [0.29, 0.717) is 0 Å². The van der Waals surface area contributed by atoms with Crippen molar-refractivity contribution in [3.63, 3.8) is 0 Å². The summed E-state index contributed by atoms with van der Waals surface area (Å²) in [6, 6.07) is 12.7. The third kappa shape index (κ3) is 4.97. The molecular formula is C17H16ClF3N2O. The monoisotopic (exact) mass is 356 g/mol. The molecule has 3 nitrogen and oxygen atoms in total. The summed E-state index contributed by atoms with van der Waals surface area (Å²) in [6.45, 7) is 1.87. The van der Waals surface area contributed by atoms with Gasteiger partial charge in [-0.15, -0.1) is 0 Å². The van der Waals surface area contributed by atoms with Gasteiger partial charge in [-0.3, -0.25) is 4.79 Å². The second-order valence-corrected chi connectivity index (χ2v) is 5.66. The molecule has 0 saturated carbocycles. The number of halogens is 4. The summed E-state index contributed by atoms with van der Waals surface area (Å²) in [5.74, 6) is -0.437. The van der Waals surface area contributed by atoms with Gasteiger partial charge < -0.3 is 10.6 Å². The van der Waals surface area contributed by atoms with Gasteiger partial charge in [-0.25, -0.2) is 0 Å². The average Bonchev–Trinajstić information content (AvgIpc) is 2.54. The lowest BCUT2D eigenvalue weighted by molar-refractivity contribution is -0.137. The lowest BCUT2D eigenvalue weighted by Gasteiger charge is -2.15. The zero-order chi connectivity index (χ0) is 17.7. The molecular weight excluding hydrogens is 341 g/mol. The van der Waals surface area contributed by atoms with Crippen molar-refractivity contribution < 1.29 is 18.0 Å². The number of nitrogens with one attached hydrogen (secondary N) is 2. The molecule has 0 bridgehead atoms. The topological polar surface area (TPSA) is 41.1 Å². The summed E-state index contributed by atoms with van der Waals surface area (Å²) >= 11 is 5.54. The Balaban J connectivity index is 1.95. The van der Waals surface area contributed by atoms with Crippen molar-refractivity contribution in [2.75, 3.05) is 11.9 Å². The Kier molecular flexibility index (Phi) is 5.85. The highest BCUT2D eigenvalue weighted by Gasteiger charge is 2.33. The van der Waals surface area contributed by atoms with E-state index < -0.39 is 22.7 Å². The van der Waals surface area contributed by atoms with E-state index in [4.69, 9.17) is 11.6 Å². The molecule has 1 atom stereocenters. The highest BCUT2D eigenvalue weighted by atomic mass is 35.5. The van der Waals surface area contributed by atoms with E-state index in [2.05, 4.69) is 10.6 Å². The first-order valence-electron chi connectivity index (χ1n) is 7.22. The lowest BCUT2D eigenvalue weighted by atomic mass is 10.1. The van der Waals surface area contributed by atoms with Crippen molar-refractivity contribution >= 4 is 23.2 Å². The summed E-state index contributed by atoms with van der Waals surface area (Å²) in [5.41, 5.74) is 0.0784. The van der Waals surface area contributed by atoms with Crippen LogP contribution < -0.4 is 10.6 Å². The maximum atomic E-state index is 12.8. The number of rotatable bonds is 5. The number of anilines is 1. The van der Waals surface area contributed by atoms with Gasteiger partial charge in [-0.1, -0.05) is 41.9 Å². The van der Waals surface area contributed by atoms with E-state index in [1.54, 1.807) is 0 Å². The largest absolute Gasteiger partial charge is 0.417 e. The number of hydrogen-bond donors (Lipinski definition) is 2. The number of amides is 1. The third-order valence-corrected chi connectivity index (χ3v) is 3.75. The van der Waals surface area contributed by atoms with Crippen LogP contribution in [0.5, 0.6) is 0 Å². The van der Waals surface area contributed by atoms with Crippen LogP contribution in [0.3, 0.4) is 0 Å². The Bertz CT molecular complexity index is 705. The molecule has 1 amide bonds. The summed E-state index contributed by atoms with van der Waals surface area (Å²) in [6.07, 6.45) is -4.57. The molecule has 0 aromatic heterocycles. The van der Waals surface area contributed by atoms with E-state index in [1.165, 1.54) is 6.07 Å². The van der Waals surface area contributed by atoms with Crippen molar-refractivity contribution in [2.45, 2.75) is 19.1 Å². The summed E-state index contributed by atoms with van der Waals surface area (Å²) in [5, 5.41) is 5.04. The normalized spacial score (nSPS) is 12.7. The maximum absolute atomic E-state index is 12.8. The van der Waals surface area contributed by atoms with E-state index in [-0.39, 0.29) is 18.3 Å². The van der Waals surface area contributed by atoms with Crippen molar-refractivity contribution in [3.8, 4) is 0 Å². The highest BCUT2D eigenvalue weighted by molar-refractivity contribution is 6.31. The van der Waals surface area contributed by atoms with Crippen LogP contribution in [0.4, 0.5) is 18.9 Å². The molecule has 0 aliphatic carbocycles. The molecule has 2 N–H and O–H groups in total. The Hall–Kier alpha value is -2.05. The molecule has 2 aromatic carbocycles. The quantitative estimate of drug-likeness (QED) is 0.818. The van der Waals surface area contributed by atoms with Crippen LogP contribution in [0.15, 0.2) is 48.5 Å². The number of alkyl halides is 3. The fourth-order valence-corrected chi connectivity index (χ4v) is 2.36. The molecule has 7 heteroatoms. The summed E-state index contributed by atoms with van der Waals surface area (Å²) in [4.78, 5) is 11.9. The number of carbonyl (C=O) groups is 1. The molecule has 0 heterocycles. The van der Waals surface area contributed by atoms with Crippen molar-refractivity contribution in [2.24, 2.45) is 0 Å². The molecule has 0 spiro atoms. The van der Waals surface area contributed by atoms with E-state index in [1.807, 2.05) is 37.3 Å². The van der Waals surface area contributed by atoms with Crippen LogP contribution in [0.2, 0.25) is 5.02 Å². The summed E-state index contributed by atoms with van der Waals surface area (Å²) in [7, 11) is 0. The fourth-order valence-electron chi connectivity index (χ4n) is 2.13. The average molecular weight is 357 g/mol. The van der Waals surface area contributed by atoms with E-state index in [0.717, 1.165) is 17.7 Å². The molecule has 0 radical (unpaired) electrons.